The van der Waals surface area contributed by atoms with Crippen molar-refractivity contribution in [1.82, 2.24) is 10.3 Å². The molecule has 0 saturated carbocycles. The van der Waals surface area contributed by atoms with Gasteiger partial charge in [0, 0.05) is 27.9 Å². The van der Waals surface area contributed by atoms with Gasteiger partial charge in [-0.15, -0.1) is 11.3 Å². The summed E-state index contributed by atoms with van der Waals surface area (Å²) in [6.07, 6.45) is 1.11. The largest absolute Gasteiger partial charge is 0.319 e. The van der Waals surface area contributed by atoms with Gasteiger partial charge in [-0.2, -0.15) is 0 Å². The first-order valence-corrected chi connectivity index (χ1v) is 8.19. The average molecular weight is 339 g/mol. The van der Waals surface area contributed by atoms with Crippen LogP contribution in [0, 0.1) is 6.92 Å². The van der Waals surface area contributed by atoms with Gasteiger partial charge < -0.3 is 5.32 Å². The van der Waals surface area contributed by atoms with E-state index in [9.17, 15) is 0 Å². The second kappa shape index (κ2) is 6.64. The van der Waals surface area contributed by atoms with E-state index < -0.39 is 0 Å². The zero-order valence-corrected chi connectivity index (χ0v) is 13.9. The van der Waals surface area contributed by atoms with Gasteiger partial charge in [-0.05, 0) is 38.1 Å². The predicted octanol–water partition coefficient (Wildman–Crippen LogP) is 4.59. The third kappa shape index (κ3) is 3.44. The third-order valence-electron chi connectivity index (χ3n) is 3.31. The second-order valence-corrected chi connectivity index (χ2v) is 6.47. The van der Waals surface area contributed by atoms with Crippen LogP contribution in [-0.2, 0) is 0 Å². The molecular weight excluding hydrogens is 320 g/mol. The molecule has 1 N–H and O–H groups in total. The quantitative estimate of drug-likeness (QED) is 0.861. The average Bonchev–Trinajstić information content (AvgIpc) is 2.88. The summed E-state index contributed by atoms with van der Waals surface area (Å²) in [5, 5.41) is 6.55. The Morgan fingerprint density at radius 1 is 1.42 bits per heavy atom. The second-order valence-electron chi connectivity index (χ2n) is 4.70. The lowest BCUT2D eigenvalue weighted by Gasteiger charge is -2.11. The molecule has 4 heteroatoms. The zero-order chi connectivity index (χ0) is 13.8. The van der Waals surface area contributed by atoms with Crippen LogP contribution in [0.3, 0.4) is 0 Å². The minimum Gasteiger partial charge on any atom is -0.319 e. The highest BCUT2D eigenvalue weighted by atomic mass is 79.9. The molecule has 2 nitrogen and oxygen atoms in total. The van der Waals surface area contributed by atoms with Gasteiger partial charge in [-0.1, -0.05) is 28.9 Å². The molecule has 1 aromatic carbocycles. The van der Waals surface area contributed by atoms with Crippen molar-refractivity contribution < 1.29 is 0 Å². The summed E-state index contributed by atoms with van der Waals surface area (Å²) in [7, 11) is 1.99. The molecule has 0 aliphatic carbocycles. The maximum Gasteiger partial charge on any atom is 0.123 e. The van der Waals surface area contributed by atoms with Gasteiger partial charge in [0.25, 0.3) is 0 Å². The van der Waals surface area contributed by atoms with E-state index in [0.29, 0.717) is 5.92 Å². The van der Waals surface area contributed by atoms with Gasteiger partial charge >= 0.3 is 0 Å². The van der Waals surface area contributed by atoms with Crippen LogP contribution in [-0.4, -0.2) is 18.6 Å². The van der Waals surface area contributed by atoms with Crippen LogP contribution in [0.2, 0.25) is 0 Å². The zero-order valence-electron chi connectivity index (χ0n) is 11.5. The van der Waals surface area contributed by atoms with Gasteiger partial charge in [0.1, 0.15) is 5.01 Å². The Labute approximate surface area is 127 Å². The number of aryl methyl sites for hydroxylation is 1. The third-order valence-corrected chi connectivity index (χ3v) is 4.70. The van der Waals surface area contributed by atoms with Crippen LogP contribution in [0.1, 0.15) is 30.5 Å². The smallest absolute Gasteiger partial charge is 0.123 e. The Morgan fingerprint density at radius 2 is 2.21 bits per heavy atom. The summed E-state index contributed by atoms with van der Waals surface area (Å²) >= 11 is 5.27. The molecule has 102 valence electrons. The monoisotopic (exact) mass is 338 g/mol. The summed E-state index contributed by atoms with van der Waals surface area (Å²) in [4.78, 5) is 4.83. The molecule has 1 heterocycles. The molecule has 0 bridgehead atoms. The lowest BCUT2D eigenvalue weighted by Crippen LogP contribution is -2.16. The van der Waals surface area contributed by atoms with E-state index >= 15 is 0 Å². The summed E-state index contributed by atoms with van der Waals surface area (Å²) in [5.41, 5.74) is 3.70. The van der Waals surface area contributed by atoms with Gasteiger partial charge in [-0.25, -0.2) is 4.98 Å². The number of likely N-dealkylation sites (N-methyl/N-ethyl adjacent to an activating group) is 1. The summed E-state index contributed by atoms with van der Waals surface area (Å²) in [6, 6.07) is 6.35. The van der Waals surface area contributed by atoms with Gasteiger partial charge in [-0.3, -0.25) is 0 Å². The van der Waals surface area contributed by atoms with Crippen LogP contribution in [0.5, 0.6) is 0 Å². The number of hydrogen-bond donors (Lipinski definition) is 1. The maximum atomic E-state index is 4.83. The Hall–Kier alpha value is -0.710. The van der Waals surface area contributed by atoms with E-state index in [2.05, 4.69) is 58.7 Å². The highest BCUT2D eigenvalue weighted by molar-refractivity contribution is 9.10. The van der Waals surface area contributed by atoms with Gasteiger partial charge in [0.2, 0.25) is 0 Å². The van der Waals surface area contributed by atoms with E-state index in [-0.39, 0.29) is 0 Å². The van der Waals surface area contributed by atoms with Gasteiger partial charge in [0.15, 0.2) is 0 Å². The number of thiazole rings is 1. The number of aromatic nitrogens is 1. The molecule has 1 unspecified atom stereocenters. The fraction of sp³-hybridized carbons (Fsp3) is 0.400. The molecule has 0 aliphatic rings. The summed E-state index contributed by atoms with van der Waals surface area (Å²) in [6.45, 7) is 5.33. The van der Waals surface area contributed by atoms with Crippen molar-refractivity contribution in [2.45, 2.75) is 26.2 Å². The highest BCUT2D eigenvalue weighted by Gasteiger charge is 2.14. The van der Waals surface area contributed by atoms with Crippen molar-refractivity contribution in [3.63, 3.8) is 0 Å². The summed E-state index contributed by atoms with van der Waals surface area (Å²) < 4.78 is 1.10. The number of nitrogens with zero attached hydrogens (tertiary/aromatic N) is 1. The SMILES string of the molecule is CCC(CNC)c1csc(-c2cc(Br)ccc2C)n1. The Morgan fingerprint density at radius 3 is 2.89 bits per heavy atom. The molecule has 0 fully saturated rings. The first-order valence-electron chi connectivity index (χ1n) is 6.52. The van der Waals surface area contributed by atoms with Crippen LogP contribution >= 0.6 is 27.3 Å². The van der Waals surface area contributed by atoms with Crippen molar-refractivity contribution in [2.24, 2.45) is 0 Å². The molecular formula is C15H19BrN2S. The molecule has 0 radical (unpaired) electrons. The number of halogens is 1. The van der Waals surface area contributed by atoms with Crippen LogP contribution < -0.4 is 5.32 Å². The molecule has 2 aromatic rings. The van der Waals surface area contributed by atoms with E-state index in [4.69, 9.17) is 4.98 Å². The van der Waals surface area contributed by atoms with E-state index in [1.165, 1.54) is 16.8 Å². The highest BCUT2D eigenvalue weighted by Crippen LogP contribution is 2.31. The fourth-order valence-electron chi connectivity index (χ4n) is 2.13. The molecule has 2 rings (SSSR count). The standard InChI is InChI=1S/C15H19BrN2S/c1-4-11(8-17-3)14-9-19-15(18-14)13-7-12(16)6-5-10(13)2/h5-7,9,11,17H,4,8H2,1-3H3. The normalized spacial score (nSPS) is 12.6. The van der Waals surface area contributed by atoms with Crippen molar-refractivity contribution in [3.05, 3.63) is 39.3 Å². The topological polar surface area (TPSA) is 24.9 Å². The first-order chi connectivity index (χ1) is 9.15. The lowest BCUT2D eigenvalue weighted by molar-refractivity contribution is 0.600. The minimum absolute atomic E-state index is 0.502. The van der Waals surface area contributed by atoms with Crippen LogP contribution in [0.25, 0.3) is 10.6 Å². The van der Waals surface area contributed by atoms with E-state index in [0.717, 1.165) is 22.4 Å². The van der Waals surface area contributed by atoms with E-state index in [1.807, 2.05) is 7.05 Å². The molecule has 0 amide bonds. The fourth-order valence-corrected chi connectivity index (χ4v) is 3.47. The maximum absolute atomic E-state index is 4.83. The number of hydrogen-bond acceptors (Lipinski definition) is 3. The van der Waals surface area contributed by atoms with Crippen molar-refractivity contribution >= 4 is 27.3 Å². The number of nitrogens with one attached hydrogen (secondary N) is 1. The summed E-state index contributed by atoms with van der Waals surface area (Å²) in [5.74, 6) is 0.502. The van der Waals surface area contributed by atoms with Crippen molar-refractivity contribution in [2.75, 3.05) is 13.6 Å². The molecule has 1 atom stereocenters. The number of benzene rings is 1. The van der Waals surface area contributed by atoms with Crippen LogP contribution in [0.15, 0.2) is 28.1 Å². The van der Waals surface area contributed by atoms with Crippen molar-refractivity contribution in [1.29, 1.82) is 0 Å². The Balaban J connectivity index is 2.32. The van der Waals surface area contributed by atoms with Gasteiger partial charge in [0.05, 0.1) is 5.69 Å². The van der Waals surface area contributed by atoms with Crippen molar-refractivity contribution in [3.8, 4) is 10.6 Å². The number of rotatable bonds is 5. The van der Waals surface area contributed by atoms with Crippen LogP contribution in [0.4, 0.5) is 0 Å². The Bertz CT molecular complexity index is 551. The first kappa shape index (κ1) is 14.7. The predicted molar refractivity (Wildman–Crippen MR) is 86.9 cm³/mol. The molecule has 0 saturated heterocycles. The minimum atomic E-state index is 0.502. The molecule has 0 spiro atoms. The molecule has 1 aromatic heterocycles. The Kier molecular flexibility index (Phi) is 5.13. The molecule has 19 heavy (non-hydrogen) atoms. The lowest BCUT2D eigenvalue weighted by atomic mass is 10.0. The van der Waals surface area contributed by atoms with E-state index in [1.54, 1.807) is 11.3 Å². The molecule has 0 aliphatic heterocycles.